The Morgan fingerprint density at radius 3 is 1.76 bits per heavy atom. The first-order chi connectivity index (χ1) is 8.41. The summed E-state index contributed by atoms with van der Waals surface area (Å²) in [4.78, 5) is 0. The number of aliphatic hydroxyl groups is 2. The average Bonchev–Trinajstić information content (AvgIpc) is 2.35. The van der Waals surface area contributed by atoms with Gasteiger partial charge in [0.25, 0.3) is 0 Å². The molecule has 2 N–H and O–H groups in total. The van der Waals surface area contributed by atoms with Crippen molar-refractivity contribution in [3.8, 4) is 0 Å². The zero-order valence-electron chi connectivity index (χ0n) is 10.0. The molecule has 0 saturated heterocycles. The third-order valence-electron chi connectivity index (χ3n) is 1.62. The normalized spacial score (nSPS) is 11.2. The number of aliphatic hydroxyl groups excluding tert-OH is 2. The van der Waals surface area contributed by atoms with Gasteiger partial charge in [0.15, 0.2) is 0 Å². The van der Waals surface area contributed by atoms with Crippen LogP contribution in [0.4, 0.5) is 0 Å². The van der Waals surface area contributed by atoms with Crippen LogP contribution in [0, 0.1) is 0 Å². The lowest BCUT2D eigenvalue weighted by atomic mass is 10.6. The molecule has 0 amide bonds. The largest absolute Gasteiger partial charge is 0.499 e. The maximum absolute atomic E-state index is 8.43. The maximum Gasteiger partial charge on any atom is 0.111 e. The Balaban J connectivity index is 2.91. The molecule has 0 rings (SSSR count). The number of hydrogen-bond acceptors (Lipinski definition) is 6. The monoisotopic (exact) mass is 250 g/mol. The van der Waals surface area contributed by atoms with E-state index in [1.165, 1.54) is 12.3 Å². The van der Waals surface area contributed by atoms with Crippen LogP contribution in [-0.2, 0) is 18.9 Å². The van der Waals surface area contributed by atoms with E-state index in [0.717, 1.165) is 0 Å². The van der Waals surface area contributed by atoms with Crippen LogP contribution in [0.2, 0.25) is 0 Å². The summed E-state index contributed by atoms with van der Waals surface area (Å²) in [6, 6.07) is 0. The minimum Gasteiger partial charge on any atom is -0.499 e. The molecule has 0 saturated carbocycles. The van der Waals surface area contributed by atoms with Crippen molar-refractivity contribution in [3.63, 3.8) is 0 Å². The summed E-state index contributed by atoms with van der Waals surface area (Å²) in [6.45, 7) is 3.30. The molecule has 0 heterocycles. The molecule has 17 heavy (non-hydrogen) atoms. The Hall–Kier alpha value is -0.660. The molecule has 0 atom stereocenters. The van der Waals surface area contributed by atoms with Gasteiger partial charge in [0.2, 0.25) is 0 Å². The molecule has 0 radical (unpaired) electrons. The van der Waals surface area contributed by atoms with Crippen LogP contribution in [0.15, 0.2) is 12.3 Å². The van der Waals surface area contributed by atoms with E-state index in [1.54, 1.807) is 0 Å². The molecule has 0 aliphatic rings. The minimum absolute atomic E-state index is 0.0208. The van der Waals surface area contributed by atoms with Crippen LogP contribution in [0.3, 0.4) is 0 Å². The van der Waals surface area contributed by atoms with Crippen LogP contribution in [0.1, 0.15) is 0 Å². The summed E-state index contributed by atoms with van der Waals surface area (Å²) in [5.74, 6) is 0. The zero-order valence-corrected chi connectivity index (χ0v) is 10.0. The van der Waals surface area contributed by atoms with Crippen LogP contribution in [0.25, 0.3) is 0 Å². The highest BCUT2D eigenvalue weighted by atomic mass is 16.6. The van der Waals surface area contributed by atoms with Crippen LogP contribution in [0.5, 0.6) is 0 Å². The van der Waals surface area contributed by atoms with Crippen LogP contribution >= 0.6 is 0 Å². The van der Waals surface area contributed by atoms with Crippen molar-refractivity contribution in [2.45, 2.75) is 0 Å². The Bertz CT molecular complexity index is 162. The molecule has 0 aromatic carbocycles. The van der Waals surface area contributed by atoms with E-state index < -0.39 is 0 Å². The Labute approximate surface area is 102 Å². The van der Waals surface area contributed by atoms with Gasteiger partial charge in [-0.2, -0.15) is 0 Å². The number of ether oxygens (including phenoxy) is 4. The molecular formula is C11H22O6. The fraction of sp³-hybridized carbons (Fsp3) is 0.818. The first-order valence-electron chi connectivity index (χ1n) is 5.63. The highest BCUT2D eigenvalue weighted by Gasteiger charge is 1.91. The molecule has 0 aliphatic heterocycles. The average molecular weight is 250 g/mol. The second-order valence-corrected chi connectivity index (χ2v) is 2.99. The minimum atomic E-state index is -0.0208. The first-order valence-corrected chi connectivity index (χ1v) is 5.63. The molecule has 0 aromatic rings. The van der Waals surface area contributed by atoms with E-state index in [9.17, 15) is 0 Å². The summed E-state index contributed by atoms with van der Waals surface area (Å²) in [7, 11) is 0. The van der Waals surface area contributed by atoms with Crippen molar-refractivity contribution < 1.29 is 29.2 Å². The summed E-state index contributed by atoms with van der Waals surface area (Å²) in [5, 5.41) is 16.8. The number of rotatable bonds is 13. The molecule has 102 valence electrons. The van der Waals surface area contributed by atoms with E-state index >= 15 is 0 Å². The zero-order chi connectivity index (χ0) is 12.6. The van der Waals surface area contributed by atoms with Crippen molar-refractivity contribution in [3.05, 3.63) is 12.3 Å². The van der Waals surface area contributed by atoms with Crippen molar-refractivity contribution in [2.24, 2.45) is 0 Å². The number of hydrogen-bond donors (Lipinski definition) is 2. The predicted molar refractivity (Wildman–Crippen MR) is 61.7 cm³/mol. The SMILES string of the molecule is OCC=COCCOCCOCCOCCO. The summed E-state index contributed by atoms with van der Waals surface area (Å²) < 4.78 is 20.4. The van der Waals surface area contributed by atoms with Gasteiger partial charge < -0.3 is 29.2 Å². The molecule has 0 aromatic heterocycles. The fourth-order valence-corrected chi connectivity index (χ4v) is 0.893. The molecule has 6 heteroatoms. The molecular weight excluding hydrogens is 228 g/mol. The lowest BCUT2D eigenvalue weighted by molar-refractivity contribution is 0.00131. The molecule has 0 unspecified atom stereocenters. The third kappa shape index (κ3) is 15.3. The Morgan fingerprint density at radius 2 is 1.24 bits per heavy atom. The molecule has 0 fully saturated rings. The quantitative estimate of drug-likeness (QED) is 0.340. The van der Waals surface area contributed by atoms with E-state index in [2.05, 4.69) is 0 Å². The molecule has 0 spiro atoms. The lowest BCUT2D eigenvalue weighted by Crippen LogP contribution is -2.12. The van der Waals surface area contributed by atoms with Crippen LogP contribution in [-0.4, -0.2) is 69.7 Å². The highest BCUT2D eigenvalue weighted by molar-refractivity contribution is 4.70. The molecule has 0 aliphatic carbocycles. The summed E-state index contributed by atoms with van der Waals surface area (Å²) in [5.41, 5.74) is 0. The van der Waals surface area contributed by atoms with Gasteiger partial charge >= 0.3 is 0 Å². The van der Waals surface area contributed by atoms with Gasteiger partial charge in [-0.1, -0.05) is 0 Å². The Morgan fingerprint density at radius 1 is 0.706 bits per heavy atom. The van der Waals surface area contributed by atoms with Gasteiger partial charge in [-0.15, -0.1) is 0 Å². The lowest BCUT2D eigenvalue weighted by Gasteiger charge is -2.06. The van der Waals surface area contributed by atoms with Gasteiger partial charge in [0, 0.05) is 0 Å². The van der Waals surface area contributed by atoms with Gasteiger partial charge in [-0.05, 0) is 6.08 Å². The van der Waals surface area contributed by atoms with Crippen molar-refractivity contribution in [1.29, 1.82) is 0 Å². The maximum atomic E-state index is 8.43. The molecule has 0 bridgehead atoms. The third-order valence-corrected chi connectivity index (χ3v) is 1.62. The van der Waals surface area contributed by atoms with Gasteiger partial charge in [0.1, 0.15) is 6.61 Å². The predicted octanol–water partition coefficient (Wildman–Crippen LogP) is -0.449. The van der Waals surface area contributed by atoms with E-state index in [4.69, 9.17) is 29.2 Å². The standard InChI is InChI=1S/C11H22O6/c12-2-1-4-14-6-8-16-10-11-17-9-7-15-5-3-13/h1,4,12-13H,2-3,5-11H2. The van der Waals surface area contributed by atoms with E-state index in [0.29, 0.717) is 46.2 Å². The van der Waals surface area contributed by atoms with Gasteiger partial charge in [-0.3, -0.25) is 0 Å². The summed E-state index contributed by atoms with van der Waals surface area (Å²) >= 11 is 0. The van der Waals surface area contributed by atoms with E-state index in [1.807, 2.05) is 0 Å². The van der Waals surface area contributed by atoms with E-state index in [-0.39, 0.29) is 13.2 Å². The van der Waals surface area contributed by atoms with Gasteiger partial charge in [0.05, 0.1) is 59.1 Å². The van der Waals surface area contributed by atoms with Crippen molar-refractivity contribution >= 4 is 0 Å². The van der Waals surface area contributed by atoms with Gasteiger partial charge in [-0.25, -0.2) is 0 Å². The second kappa shape index (κ2) is 15.3. The Kier molecular flexibility index (Phi) is 14.7. The highest BCUT2D eigenvalue weighted by Crippen LogP contribution is 1.83. The fourth-order valence-electron chi connectivity index (χ4n) is 0.893. The van der Waals surface area contributed by atoms with Crippen molar-refractivity contribution in [1.82, 2.24) is 0 Å². The second-order valence-electron chi connectivity index (χ2n) is 2.99. The first kappa shape index (κ1) is 16.3. The van der Waals surface area contributed by atoms with Crippen molar-refractivity contribution in [2.75, 3.05) is 59.5 Å². The van der Waals surface area contributed by atoms with Crippen LogP contribution < -0.4 is 0 Å². The topological polar surface area (TPSA) is 77.4 Å². The summed E-state index contributed by atoms with van der Waals surface area (Å²) in [6.07, 6.45) is 2.95. The molecule has 6 nitrogen and oxygen atoms in total. The smallest absolute Gasteiger partial charge is 0.111 e.